The monoisotopic (exact) mass is 284 g/mol. The van der Waals surface area contributed by atoms with Crippen molar-refractivity contribution in [3.05, 3.63) is 48.5 Å². The maximum absolute atomic E-state index is 12.3. The van der Waals surface area contributed by atoms with Crippen LogP contribution in [0.15, 0.2) is 48.5 Å². The van der Waals surface area contributed by atoms with Crippen molar-refractivity contribution in [2.45, 2.75) is 6.92 Å². The first-order valence-corrected chi connectivity index (χ1v) is 6.30. The van der Waals surface area contributed by atoms with Crippen LogP contribution in [0.1, 0.15) is 6.92 Å². The van der Waals surface area contributed by atoms with Crippen molar-refractivity contribution in [1.82, 2.24) is 0 Å². The Balaban J connectivity index is 2.22. The number of carbonyl (C=O) groups is 2. The van der Waals surface area contributed by atoms with Crippen molar-refractivity contribution in [2.75, 3.05) is 21.7 Å². The number of rotatable bonds is 2. The van der Waals surface area contributed by atoms with Gasteiger partial charge in [0.1, 0.15) is 0 Å². The van der Waals surface area contributed by atoms with E-state index >= 15 is 0 Å². The third kappa shape index (κ3) is 3.50. The Labute approximate surface area is 122 Å². The fraction of sp³-hybridized carbons (Fsp3) is 0.0667. The van der Waals surface area contributed by atoms with E-state index in [1.165, 1.54) is 6.92 Å². The average Bonchev–Trinajstić information content (AvgIpc) is 2.43. The molecule has 0 fully saturated rings. The van der Waals surface area contributed by atoms with E-state index in [0.717, 1.165) is 4.90 Å². The number of hydrogen-bond acceptors (Lipinski definition) is 4. The number of amides is 3. The topological polar surface area (TPSA) is 101 Å². The Morgan fingerprint density at radius 1 is 0.905 bits per heavy atom. The minimum absolute atomic E-state index is 0.396. The molecule has 6 nitrogen and oxygen atoms in total. The van der Waals surface area contributed by atoms with E-state index in [4.69, 9.17) is 11.5 Å². The zero-order valence-corrected chi connectivity index (χ0v) is 11.5. The highest BCUT2D eigenvalue weighted by Gasteiger charge is 2.20. The number of nitrogens with zero attached hydrogens (tertiary/aromatic N) is 1. The molecular formula is C15H16N4O2. The van der Waals surface area contributed by atoms with Gasteiger partial charge in [-0.25, -0.2) is 9.69 Å². The predicted octanol–water partition coefficient (Wildman–Crippen LogP) is 2.44. The molecule has 21 heavy (non-hydrogen) atoms. The Morgan fingerprint density at radius 2 is 1.38 bits per heavy atom. The second-order valence-corrected chi connectivity index (χ2v) is 4.50. The highest BCUT2D eigenvalue weighted by atomic mass is 16.2. The number of benzene rings is 2. The number of hydrogen-bond donors (Lipinski definition) is 3. The van der Waals surface area contributed by atoms with Gasteiger partial charge >= 0.3 is 6.03 Å². The average molecular weight is 284 g/mol. The molecule has 0 aliphatic rings. The summed E-state index contributed by atoms with van der Waals surface area (Å²) in [5.74, 6) is -0.396. The highest BCUT2D eigenvalue weighted by molar-refractivity contribution is 6.17. The highest BCUT2D eigenvalue weighted by Crippen LogP contribution is 2.19. The quantitative estimate of drug-likeness (QED) is 0.737. The number of imide groups is 1. The summed E-state index contributed by atoms with van der Waals surface area (Å²) in [4.78, 5) is 25.0. The van der Waals surface area contributed by atoms with Crippen molar-refractivity contribution in [3.8, 4) is 0 Å². The molecule has 108 valence electrons. The lowest BCUT2D eigenvalue weighted by atomic mass is 10.2. The second kappa shape index (κ2) is 5.96. The zero-order chi connectivity index (χ0) is 15.4. The second-order valence-electron chi connectivity index (χ2n) is 4.50. The first-order valence-electron chi connectivity index (χ1n) is 6.30. The Bertz CT molecular complexity index is 650. The molecule has 0 heterocycles. The lowest BCUT2D eigenvalue weighted by Crippen LogP contribution is -2.38. The van der Waals surface area contributed by atoms with E-state index in [1.807, 2.05) is 0 Å². The first-order chi connectivity index (χ1) is 9.97. The summed E-state index contributed by atoms with van der Waals surface area (Å²) in [6.45, 7) is 1.32. The van der Waals surface area contributed by atoms with E-state index in [9.17, 15) is 9.59 Å². The maximum atomic E-state index is 12.3. The van der Waals surface area contributed by atoms with Gasteiger partial charge < -0.3 is 16.8 Å². The summed E-state index contributed by atoms with van der Waals surface area (Å²) in [6.07, 6.45) is 0. The molecule has 0 radical (unpaired) electrons. The molecule has 0 unspecified atom stereocenters. The third-order valence-electron chi connectivity index (χ3n) is 2.83. The van der Waals surface area contributed by atoms with Crippen LogP contribution in [0.3, 0.4) is 0 Å². The molecule has 6 heteroatoms. The molecule has 2 aromatic carbocycles. The van der Waals surface area contributed by atoms with Crippen LogP contribution < -0.4 is 21.7 Å². The van der Waals surface area contributed by atoms with Crippen LogP contribution in [-0.4, -0.2) is 11.9 Å². The number of nitrogens with two attached hydrogens (primary N) is 2. The molecule has 0 saturated carbocycles. The summed E-state index contributed by atoms with van der Waals surface area (Å²) >= 11 is 0. The van der Waals surface area contributed by atoms with Crippen LogP contribution in [0.2, 0.25) is 0 Å². The number of nitrogens with one attached hydrogen (secondary N) is 1. The third-order valence-corrected chi connectivity index (χ3v) is 2.83. The van der Waals surface area contributed by atoms with Crippen LogP contribution >= 0.6 is 0 Å². The molecule has 0 spiro atoms. The molecule has 2 aromatic rings. The Hall–Kier alpha value is -3.02. The molecule has 2 rings (SSSR count). The summed E-state index contributed by atoms with van der Waals surface area (Å²) in [5.41, 5.74) is 13.3. The fourth-order valence-electron chi connectivity index (χ4n) is 1.81. The largest absolute Gasteiger partial charge is 0.399 e. The van der Waals surface area contributed by atoms with Crippen LogP contribution in [-0.2, 0) is 4.79 Å². The molecule has 5 N–H and O–H groups in total. The van der Waals surface area contributed by atoms with Gasteiger partial charge in [-0.3, -0.25) is 4.79 Å². The van der Waals surface area contributed by atoms with Crippen LogP contribution in [0.25, 0.3) is 0 Å². The number of nitrogen functional groups attached to an aromatic ring is 2. The van der Waals surface area contributed by atoms with Crippen molar-refractivity contribution < 1.29 is 9.59 Å². The Morgan fingerprint density at radius 3 is 1.86 bits per heavy atom. The van der Waals surface area contributed by atoms with E-state index in [2.05, 4.69) is 5.32 Å². The van der Waals surface area contributed by atoms with E-state index in [-0.39, 0.29) is 0 Å². The standard InChI is InChI=1S/C15H16N4O2/c1-10(20)19(14-8-4-12(17)5-9-14)15(21)18-13-6-2-11(16)3-7-13/h2-9H,16-17H2,1H3,(H,18,21). The van der Waals surface area contributed by atoms with Gasteiger partial charge in [0.2, 0.25) is 5.91 Å². The lowest BCUT2D eigenvalue weighted by Gasteiger charge is -2.20. The summed E-state index contributed by atoms with van der Waals surface area (Å²) < 4.78 is 0. The van der Waals surface area contributed by atoms with E-state index in [1.54, 1.807) is 48.5 Å². The smallest absolute Gasteiger partial charge is 0.333 e. The van der Waals surface area contributed by atoms with E-state index < -0.39 is 11.9 Å². The van der Waals surface area contributed by atoms with Gasteiger partial charge in [0.25, 0.3) is 0 Å². The van der Waals surface area contributed by atoms with Crippen LogP contribution in [0.5, 0.6) is 0 Å². The number of carbonyl (C=O) groups excluding carboxylic acids is 2. The van der Waals surface area contributed by atoms with Crippen molar-refractivity contribution in [3.63, 3.8) is 0 Å². The summed E-state index contributed by atoms with van der Waals surface area (Å²) in [6, 6.07) is 12.6. The molecular weight excluding hydrogens is 268 g/mol. The number of anilines is 4. The maximum Gasteiger partial charge on any atom is 0.333 e. The van der Waals surface area contributed by atoms with Gasteiger partial charge in [0.05, 0.1) is 5.69 Å². The zero-order valence-electron chi connectivity index (χ0n) is 11.5. The molecule has 0 bridgehead atoms. The minimum Gasteiger partial charge on any atom is -0.399 e. The first kappa shape index (κ1) is 14.4. The van der Waals surface area contributed by atoms with Crippen LogP contribution in [0.4, 0.5) is 27.5 Å². The molecule has 0 aromatic heterocycles. The fourth-order valence-corrected chi connectivity index (χ4v) is 1.81. The predicted molar refractivity (Wildman–Crippen MR) is 83.9 cm³/mol. The van der Waals surface area contributed by atoms with Crippen LogP contribution in [0, 0.1) is 0 Å². The van der Waals surface area contributed by atoms with E-state index in [0.29, 0.717) is 22.7 Å². The molecule has 0 aliphatic carbocycles. The van der Waals surface area contributed by atoms with Gasteiger partial charge in [0, 0.05) is 24.0 Å². The minimum atomic E-state index is -0.544. The van der Waals surface area contributed by atoms with Gasteiger partial charge in [-0.05, 0) is 48.5 Å². The molecule has 3 amide bonds. The molecule has 0 saturated heterocycles. The lowest BCUT2D eigenvalue weighted by molar-refractivity contribution is -0.115. The number of urea groups is 1. The van der Waals surface area contributed by atoms with Gasteiger partial charge in [0.15, 0.2) is 0 Å². The SMILES string of the molecule is CC(=O)N(C(=O)Nc1ccc(N)cc1)c1ccc(N)cc1. The summed E-state index contributed by atoms with van der Waals surface area (Å²) in [7, 11) is 0. The van der Waals surface area contributed by atoms with Gasteiger partial charge in [-0.1, -0.05) is 0 Å². The molecule has 0 atom stereocenters. The van der Waals surface area contributed by atoms with Gasteiger partial charge in [-0.15, -0.1) is 0 Å². The molecule has 0 aliphatic heterocycles. The van der Waals surface area contributed by atoms with Gasteiger partial charge in [-0.2, -0.15) is 0 Å². The van der Waals surface area contributed by atoms with Crippen molar-refractivity contribution in [2.24, 2.45) is 0 Å². The Kier molecular flexibility index (Phi) is 4.08. The summed E-state index contributed by atoms with van der Waals surface area (Å²) in [5, 5.41) is 2.64. The normalized spacial score (nSPS) is 9.95. The van der Waals surface area contributed by atoms with Crippen molar-refractivity contribution >= 4 is 34.7 Å². The van der Waals surface area contributed by atoms with Crippen molar-refractivity contribution in [1.29, 1.82) is 0 Å².